The van der Waals surface area contributed by atoms with E-state index < -0.39 is 11.8 Å². The standard InChI is InChI=1S/C30H29FN4O3S/c1-4-38-27(36)9-8-19-6-5-7-21(28(19)31)22-17-26-32-23(16-25(35(26)33-22)30(3)12-13-30)29(37)34-14-10-24-20(18(34)2)11-15-39-24/h5-9,11,15-18H,4,10,12-14H2,1-3H3/b9-8+. The first kappa shape index (κ1) is 25.4. The summed E-state index contributed by atoms with van der Waals surface area (Å²) in [5, 5.41) is 6.83. The number of fused-ring (bicyclic) bond motifs is 2. The summed E-state index contributed by atoms with van der Waals surface area (Å²) in [6, 6.07) is 10.6. The molecule has 1 aromatic carbocycles. The minimum absolute atomic E-state index is 0.0227. The van der Waals surface area contributed by atoms with Crippen LogP contribution in [0.2, 0.25) is 0 Å². The normalized spacial score (nSPS) is 17.9. The van der Waals surface area contributed by atoms with E-state index in [1.165, 1.54) is 22.6 Å². The zero-order valence-corrected chi connectivity index (χ0v) is 22.9. The number of hydrogen-bond acceptors (Lipinski definition) is 6. The summed E-state index contributed by atoms with van der Waals surface area (Å²) >= 11 is 1.74. The number of rotatable bonds is 6. The molecule has 2 aliphatic rings. The Morgan fingerprint density at radius 2 is 2.08 bits per heavy atom. The molecule has 0 spiro atoms. The Labute approximate surface area is 229 Å². The van der Waals surface area contributed by atoms with Crippen molar-refractivity contribution in [1.82, 2.24) is 19.5 Å². The maximum absolute atomic E-state index is 15.5. The fourth-order valence-corrected chi connectivity index (χ4v) is 6.21. The highest BCUT2D eigenvalue weighted by atomic mass is 32.1. The minimum atomic E-state index is -0.531. The molecule has 1 saturated carbocycles. The Bertz CT molecular complexity index is 1630. The third-order valence-electron chi connectivity index (χ3n) is 7.79. The van der Waals surface area contributed by atoms with Gasteiger partial charge in [0.25, 0.3) is 5.91 Å². The molecule has 9 heteroatoms. The Hall–Kier alpha value is -3.85. The first-order valence-corrected chi connectivity index (χ1v) is 14.1. The van der Waals surface area contributed by atoms with Gasteiger partial charge in [0, 0.05) is 40.1 Å². The third-order valence-corrected chi connectivity index (χ3v) is 8.79. The summed E-state index contributed by atoms with van der Waals surface area (Å²) in [4.78, 5) is 33.4. The molecule has 1 amide bonds. The van der Waals surface area contributed by atoms with E-state index in [0.29, 0.717) is 29.1 Å². The highest BCUT2D eigenvalue weighted by molar-refractivity contribution is 7.10. The van der Waals surface area contributed by atoms with Crippen molar-refractivity contribution >= 4 is 34.9 Å². The zero-order chi connectivity index (χ0) is 27.3. The van der Waals surface area contributed by atoms with E-state index in [-0.39, 0.29) is 29.5 Å². The van der Waals surface area contributed by atoms with Gasteiger partial charge in [-0.05, 0) is 68.3 Å². The molecule has 0 radical (unpaired) electrons. The molecule has 1 aliphatic heterocycles. The van der Waals surface area contributed by atoms with E-state index in [0.717, 1.165) is 25.0 Å². The summed E-state index contributed by atoms with van der Waals surface area (Å²) in [6.45, 7) is 6.83. The first-order chi connectivity index (χ1) is 18.8. The van der Waals surface area contributed by atoms with E-state index in [9.17, 15) is 9.59 Å². The van der Waals surface area contributed by atoms with Gasteiger partial charge in [-0.3, -0.25) is 4.79 Å². The van der Waals surface area contributed by atoms with Crippen molar-refractivity contribution in [2.75, 3.05) is 13.2 Å². The zero-order valence-electron chi connectivity index (χ0n) is 22.1. The van der Waals surface area contributed by atoms with Crippen LogP contribution in [-0.2, 0) is 21.4 Å². The van der Waals surface area contributed by atoms with Gasteiger partial charge < -0.3 is 9.64 Å². The monoisotopic (exact) mass is 544 g/mol. The van der Waals surface area contributed by atoms with Crippen molar-refractivity contribution in [2.45, 2.75) is 51.5 Å². The van der Waals surface area contributed by atoms with Gasteiger partial charge in [0.1, 0.15) is 11.5 Å². The number of ether oxygens (including phenoxy) is 1. The van der Waals surface area contributed by atoms with Gasteiger partial charge in [0.2, 0.25) is 0 Å². The van der Waals surface area contributed by atoms with Crippen LogP contribution in [0.25, 0.3) is 23.0 Å². The summed E-state index contributed by atoms with van der Waals surface area (Å²) in [6.07, 6.45) is 5.41. The fourth-order valence-electron chi connectivity index (χ4n) is 5.25. The Morgan fingerprint density at radius 1 is 1.26 bits per heavy atom. The van der Waals surface area contributed by atoms with Gasteiger partial charge in [0.05, 0.1) is 24.0 Å². The van der Waals surface area contributed by atoms with Crippen LogP contribution in [0.4, 0.5) is 4.39 Å². The largest absolute Gasteiger partial charge is 0.463 e. The molecule has 4 heterocycles. The number of benzene rings is 1. The van der Waals surface area contributed by atoms with Crippen molar-refractivity contribution in [1.29, 1.82) is 0 Å². The van der Waals surface area contributed by atoms with Crippen LogP contribution in [0.3, 0.4) is 0 Å². The molecule has 1 aliphatic carbocycles. The van der Waals surface area contributed by atoms with Crippen molar-refractivity contribution in [3.05, 3.63) is 81.1 Å². The molecule has 1 fully saturated rings. The number of nitrogens with zero attached hydrogens (tertiary/aromatic N) is 4. The van der Waals surface area contributed by atoms with E-state index in [2.05, 4.69) is 25.3 Å². The van der Waals surface area contributed by atoms with Crippen LogP contribution in [-0.4, -0.2) is 44.5 Å². The third kappa shape index (κ3) is 4.54. The lowest BCUT2D eigenvalue weighted by Gasteiger charge is -2.33. The molecule has 3 aromatic heterocycles. The number of carbonyl (C=O) groups excluding carboxylic acids is 2. The summed E-state index contributed by atoms with van der Waals surface area (Å²) in [5.74, 6) is -1.13. The van der Waals surface area contributed by atoms with E-state index in [1.54, 1.807) is 47.0 Å². The Morgan fingerprint density at radius 3 is 2.85 bits per heavy atom. The number of amides is 1. The second kappa shape index (κ2) is 9.72. The maximum Gasteiger partial charge on any atom is 0.330 e. The summed E-state index contributed by atoms with van der Waals surface area (Å²) < 4.78 is 22.2. The summed E-state index contributed by atoms with van der Waals surface area (Å²) in [7, 11) is 0. The second-order valence-electron chi connectivity index (χ2n) is 10.4. The molecule has 4 aromatic rings. The molecular formula is C30H29FN4O3S. The van der Waals surface area contributed by atoms with Gasteiger partial charge >= 0.3 is 5.97 Å². The van der Waals surface area contributed by atoms with Crippen molar-refractivity contribution < 1.29 is 18.7 Å². The van der Waals surface area contributed by atoms with Gasteiger partial charge in [-0.1, -0.05) is 19.1 Å². The predicted octanol–water partition coefficient (Wildman–Crippen LogP) is 5.98. The molecule has 0 saturated heterocycles. The van der Waals surface area contributed by atoms with Crippen LogP contribution >= 0.6 is 11.3 Å². The van der Waals surface area contributed by atoms with Crippen molar-refractivity contribution in [3.63, 3.8) is 0 Å². The molecule has 7 nitrogen and oxygen atoms in total. The number of hydrogen-bond donors (Lipinski definition) is 0. The number of aromatic nitrogens is 3. The van der Waals surface area contributed by atoms with E-state index in [4.69, 9.17) is 14.8 Å². The maximum atomic E-state index is 15.5. The molecule has 1 unspecified atom stereocenters. The van der Waals surface area contributed by atoms with E-state index >= 15 is 4.39 Å². The number of halogens is 1. The lowest BCUT2D eigenvalue weighted by atomic mass is 10.00. The fraction of sp³-hybridized carbons (Fsp3) is 0.333. The SMILES string of the molecule is CCOC(=O)/C=C/c1cccc(-c2cc3nc(C(=O)N4CCc5sccc5C4C)cc(C4(C)CC4)n3n2)c1F. The number of thiophene rings is 1. The predicted molar refractivity (Wildman–Crippen MR) is 148 cm³/mol. The number of carbonyl (C=O) groups is 2. The highest BCUT2D eigenvalue weighted by Gasteiger charge is 2.42. The molecule has 1 atom stereocenters. The van der Waals surface area contributed by atoms with Crippen LogP contribution in [0.1, 0.15) is 71.8 Å². The molecular weight excluding hydrogens is 515 g/mol. The second-order valence-corrected chi connectivity index (χ2v) is 11.4. The van der Waals surface area contributed by atoms with Crippen LogP contribution in [0, 0.1) is 5.82 Å². The lowest BCUT2D eigenvalue weighted by molar-refractivity contribution is -0.137. The van der Waals surface area contributed by atoms with Crippen LogP contribution in [0.15, 0.2) is 47.9 Å². The molecule has 6 rings (SSSR count). The van der Waals surface area contributed by atoms with Crippen molar-refractivity contribution in [3.8, 4) is 11.3 Å². The highest BCUT2D eigenvalue weighted by Crippen LogP contribution is 2.48. The number of esters is 1. The molecule has 0 N–H and O–H groups in total. The topological polar surface area (TPSA) is 76.8 Å². The van der Waals surface area contributed by atoms with Gasteiger partial charge in [0.15, 0.2) is 5.65 Å². The van der Waals surface area contributed by atoms with Gasteiger partial charge in [-0.2, -0.15) is 5.10 Å². The van der Waals surface area contributed by atoms with Crippen LogP contribution in [0.5, 0.6) is 0 Å². The lowest BCUT2D eigenvalue weighted by Crippen LogP contribution is -2.38. The summed E-state index contributed by atoms with van der Waals surface area (Å²) in [5.41, 5.74) is 3.84. The van der Waals surface area contributed by atoms with Gasteiger partial charge in [-0.25, -0.2) is 18.7 Å². The minimum Gasteiger partial charge on any atom is -0.463 e. The van der Waals surface area contributed by atoms with Gasteiger partial charge in [-0.15, -0.1) is 11.3 Å². The quantitative estimate of drug-likeness (QED) is 0.220. The van der Waals surface area contributed by atoms with Crippen molar-refractivity contribution in [2.24, 2.45) is 0 Å². The average molecular weight is 545 g/mol. The molecule has 39 heavy (non-hydrogen) atoms. The molecule has 200 valence electrons. The first-order valence-electron chi connectivity index (χ1n) is 13.2. The van der Waals surface area contributed by atoms with Crippen LogP contribution < -0.4 is 0 Å². The van der Waals surface area contributed by atoms with E-state index in [1.807, 2.05) is 11.0 Å². The Balaban J connectivity index is 1.39. The molecule has 0 bridgehead atoms. The smallest absolute Gasteiger partial charge is 0.330 e. The average Bonchev–Trinajstić information content (AvgIpc) is 3.30. The Kier molecular flexibility index (Phi) is 6.33.